The number of allylic oxidation sites excluding steroid dienone is 1. The van der Waals surface area contributed by atoms with Gasteiger partial charge in [-0.2, -0.15) is 0 Å². The summed E-state index contributed by atoms with van der Waals surface area (Å²) in [6.45, 7) is 2.72. The maximum absolute atomic E-state index is 14.0. The van der Waals surface area contributed by atoms with E-state index in [-0.39, 0.29) is 6.61 Å². The van der Waals surface area contributed by atoms with Crippen LogP contribution in [0.3, 0.4) is 0 Å². The van der Waals surface area contributed by atoms with Crippen LogP contribution in [0.15, 0.2) is 97.2 Å². The summed E-state index contributed by atoms with van der Waals surface area (Å²) in [5.74, 6) is -0.972. The Morgan fingerprint density at radius 1 is 1.02 bits per heavy atom. The van der Waals surface area contributed by atoms with Gasteiger partial charge in [-0.15, -0.1) is 5.10 Å². The monoisotopic (exact) mass is 551 g/mol. The van der Waals surface area contributed by atoms with Crippen LogP contribution in [-0.4, -0.2) is 44.1 Å². The number of rotatable bonds is 12. The zero-order chi connectivity index (χ0) is 28.8. The summed E-state index contributed by atoms with van der Waals surface area (Å²) in [6.07, 6.45) is 7.37. The van der Waals surface area contributed by atoms with Crippen molar-refractivity contribution in [1.29, 1.82) is 0 Å². The highest BCUT2D eigenvalue weighted by Gasteiger charge is 2.52. The summed E-state index contributed by atoms with van der Waals surface area (Å²) in [5.41, 5.74) is 2.14. The van der Waals surface area contributed by atoms with Crippen molar-refractivity contribution in [3.05, 3.63) is 114 Å². The second kappa shape index (κ2) is 12.3. The first-order valence-corrected chi connectivity index (χ1v) is 13.6. The molecule has 1 aliphatic rings. The number of hydrogen-bond donors (Lipinski definition) is 2. The molecule has 2 heterocycles. The van der Waals surface area contributed by atoms with E-state index in [0.717, 1.165) is 17.7 Å². The molecule has 2 N–H and O–H groups in total. The lowest BCUT2D eigenvalue weighted by molar-refractivity contribution is -0.139. The molecule has 0 unspecified atom stereocenters. The number of amides is 2. The second-order valence-electron chi connectivity index (χ2n) is 10.1. The fourth-order valence-electron chi connectivity index (χ4n) is 5.19. The predicted molar refractivity (Wildman–Crippen MR) is 156 cm³/mol. The molecule has 1 aromatic heterocycles. The zero-order valence-corrected chi connectivity index (χ0v) is 22.9. The summed E-state index contributed by atoms with van der Waals surface area (Å²) in [6, 6.07) is 24.2. The number of aliphatic hydroxyl groups is 2. The van der Waals surface area contributed by atoms with Gasteiger partial charge in [-0.05, 0) is 42.3 Å². The third-order valence-electron chi connectivity index (χ3n) is 7.42. The summed E-state index contributed by atoms with van der Waals surface area (Å²) in [4.78, 5) is 29.2. The lowest BCUT2D eigenvalue weighted by Crippen LogP contribution is -2.44. The molecular formula is C32H33N5O4. The van der Waals surface area contributed by atoms with E-state index >= 15 is 0 Å². The maximum Gasteiger partial charge on any atom is 0.264 e. The third-order valence-corrected chi connectivity index (χ3v) is 7.42. The minimum absolute atomic E-state index is 0.0170. The lowest BCUT2D eigenvalue weighted by atomic mass is 9.82. The molecule has 0 fully saturated rings. The van der Waals surface area contributed by atoms with Gasteiger partial charge < -0.3 is 15.1 Å². The van der Waals surface area contributed by atoms with E-state index in [2.05, 4.69) is 10.3 Å². The Balaban J connectivity index is 1.45. The van der Waals surface area contributed by atoms with Crippen molar-refractivity contribution in [3.8, 4) is 0 Å². The fraction of sp³-hybridized carbons (Fsp3) is 0.250. The highest BCUT2D eigenvalue weighted by molar-refractivity contribution is 6.08. The van der Waals surface area contributed by atoms with Crippen LogP contribution in [0.4, 0.5) is 17.1 Å². The molecule has 5 rings (SSSR count). The van der Waals surface area contributed by atoms with Crippen molar-refractivity contribution in [2.75, 3.05) is 16.4 Å². The summed E-state index contributed by atoms with van der Waals surface area (Å²) in [7, 11) is 0. The van der Waals surface area contributed by atoms with E-state index in [0.29, 0.717) is 48.6 Å². The Kier molecular flexibility index (Phi) is 8.37. The van der Waals surface area contributed by atoms with Crippen molar-refractivity contribution in [2.45, 2.75) is 38.5 Å². The lowest BCUT2D eigenvalue weighted by Gasteiger charge is -2.28. The van der Waals surface area contributed by atoms with Gasteiger partial charge in [0, 0.05) is 48.6 Å². The maximum atomic E-state index is 14.0. The van der Waals surface area contributed by atoms with Gasteiger partial charge in [0.05, 0.1) is 17.9 Å². The van der Waals surface area contributed by atoms with Gasteiger partial charge in [0.1, 0.15) is 0 Å². The molecule has 0 spiro atoms. The van der Waals surface area contributed by atoms with Gasteiger partial charge in [0.2, 0.25) is 6.41 Å². The molecule has 9 nitrogen and oxygen atoms in total. The van der Waals surface area contributed by atoms with Gasteiger partial charge in [-0.1, -0.05) is 72.8 Å². The Morgan fingerprint density at radius 2 is 1.76 bits per heavy atom. The summed E-state index contributed by atoms with van der Waals surface area (Å²) in [5, 5.41) is 29.3. The van der Waals surface area contributed by atoms with Crippen molar-refractivity contribution in [2.24, 2.45) is 5.92 Å². The molecule has 41 heavy (non-hydrogen) atoms. The summed E-state index contributed by atoms with van der Waals surface area (Å²) < 4.78 is 1.70. The second-order valence-corrected chi connectivity index (χ2v) is 10.1. The number of aliphatic hydroxyl groups excluding tert-OH is 1. The molecule has 2 amide bonds. The van der Waals surface area contributed by atoms with E-state index in [1.807, 2.05) is 79.7 Å². The Labute approximate surface area is 239 Å². The van der Waals surface area contributed by atoms with Crippen LogP contribution in [0, 0.1) is 5.92 Å². The fourth-order valence-corrected chi connectivity index (χ4v) is 5.19. The molecule has 0 saturated heterocycles. The zero-order valence-electron chi connectivity index (χ0n) is 22.9. The van der Waals surface area contributed by atoms with E-state index in [4.69, 9.17) is 5.11 Å². The molecule has 2 atom stereocenters. The number of nitrogens with zero attached hydrogens (tertiary/aromatic N) is 5. The van der Waals surface area contributed by atoms with E-state index in [1.54, 1.807) is 34.0 Å². The average molecular weight is 552 g/mol. The highest BCUT2D eigenvalue weighted by Crippen LogP contribution is 2.47. The van der Waals surface area contributed by atoms with E-state index < -0.39 is 17.4 Å². The first-order valence-electron chi connectivity index (χ1n) is 13.6. The van der Waals surface area contributed by atoms with Crippen LogP contribution >= 0.6 is 0 Å². The predicted octanol–water partition coefficient (Wildman–Crippen LogP) is 4.12. The molecule has 9 heteroatoms. The minimum Gasteiger partial charge on any atom is -0.396 e. The number of anilines is 3. The quantitative estimate of drug-likeness (QED) is 0.202. The van der Waals surface area contributed by atoms with Gasteiger partial charge in [0.15, 0.2) is 5.60 Å². The number of aryl methyl sites for hydroxylation is 1. The SMILES string of the molecule is C[C@H](/C=C/CCn1cc(CCO)nn1)[C@@]1(O)C(=O)N(Cc2ccccc2)c2ccc(N(C=O)c3ccccc3)cc21. The molecule has 0 saturated carbocycles. The Hall–Kier alpha value is -4.60. The van der Waals surface area contributed by atoms with Crippen LogP contribution in [-0.2, 0) is 34.7 Å². The smallest absolute Gasteiger partial charge is 0.264 e. The number of fused-ring (bicyclic) bond motifs is 1. The van der Waals surface area contributed by atoms with Crippen LogP contribution in [0.5, 0.6) is 0 Å². The molecule has 0 aliphatic carbocycles. The number of carbonyl (C=O) groups excluding carboxylic acids is 2. The number of aromatic nitrogens is 3. The summed E-state index contributed by atoms with van der Waals surface area (Å²) >= 11 is 0. The van der Waals surface area contributed by atoms with Gasteiger partial charge in [-0.3, -0.25) is 19.2 Å². The molecule has 3 aromatic carbocycles. The molecule has 1 aliphatic heterocycles. The minimum atomic E-state index is -1.83. The molecule has 4 aromatic rings. The van der Waals surface area contributed by atoms with Crippen molar-refractivity contribution < 1.29 is 19.8 Å². The van der Waals surface area contributed by atoms with E-state index in [9.17, 15) is 14.7 Å². The number of carbonyl (C=O) groups is 2. The highest BCUT2D eigenvalue weighted by atomic mass is 16.3. The number of hydrogen-bond acceptors (Lipinski definition) is 6. The number of para-hydroxylation sites is 1. The van der Waals surface area contributed by atoms with Crippen molar-refractivity contribution in [1.82, 2.24) is 15.0 Å². The van der Waals surface area contributed by atoms with Crippen LogP contribution in [0.25, 0.3) is 0 Å². The molecule has 0 bridgehead atoms. The largest absolute Gasteiger partial charge is 0.396 e. The average Bonchev–Trinajstić information content (AvgIpc) is 3.53. The van der Waals surface area contributed by atoms with Gasteiger partial charge in [-0.25, -0.2) is 0 Å². The van der Waals surface area contributed by atoms with Crippen molar-refractivity contribution in [3.63, 3.8) is 0 Å². The first kappa shape index (κ1) is 27.9. The van der Waals surface area contributed by atoms with Crippen LogP contribution < -0.4 is 9.80 Å². The normalized spacial score (nSPS) is 17.1. The van der Waals surface area contributed by atoms with Crippen molar-refractivity contribution >= 4 is 29.4 Å². The van der Waals surface area contributed by atoms with E-state index in [1.165, 1.54) is 4.90 Å². The van der Waals surface area contributed by atoms with Crippen LogP contribution in [0.2, 0.25) is 0 Å². The number of benzene rings is 3. The Bertz CT molecular complexity index is 1520. The molecular weight excluding hydrogens is 518 g/mol. The Morgan fingerprint density at radius 3 is 2.46 bits per heavy atom. The van der Waals surface area contributed by atoms with Crippen LogP contribution in [0.1, 0.15) is 30.2 Å². The standard InChI is InChI=1S/C32H33N5O4/c1-24(10-8-9-18-35-22-26(17-19-38)33-34-35)32(41)29-20-28(37(23-39)27-13-6-3-7-14-27)15-16-30(29)36(31(32)40)21-25-11-4-2-5-12-25/h2-8,10-16,20,22-24,38,41H,9,17-19,21H2,1H3/b10-8+/t24-,32+/m1/s1. The van der Waals surface area contributed by atoms with Gasteiger partial charge >= 0.3 is 0 Å². The topological polar surface area (TPSA) is 112 Å². The van der Waals surface area contributed by atoms with Gasteiger partial charge in [0.25, 0.3) is 5.91 Å². The third kappa shape index (κ3) is 5.68. The first-order chi connectivity index (χ1) is 20.0. The molecule has 0 radical (unpaired) electrons. The molecule has 210 valence electrons.